The Morgan fingerprint density at radius 1 is 1.42 bits per heavy atom. The van der Waals surface area contributed by atoms with Crippen LogP contribution in [0.3, 0.4) is 0 Å². The van der Waals surface area contributed by atoms with Crippen molar-refractivity contribution in [2.75, 3.05) is 11.9 Å². The number of aliphatic hydroxyl groups excluding tert-OH is 1. The summed E-state index contributed by atoms with van der Waals surface area (Å²) in [6.45, 7) is 7.53. The lowest BCUT2D eigenvalue weighted by Gasteiger charge is -2.20. The molecule has 1 atom stereocenters. The number of anilines is 1. The summed E-state index contributed by atoms with van der Waals surface area (Å²) in [6, 6.07) is -0.242. The zero-order valence-electron chi connectivity index (χ0n) is 12.0. The molecule has 1 heterocycles. The van der Waals surface area contributed by atoms with Gasteiger partial charge in [-0.3, -0.25) is 10.1 Å². The third-order valence-corrected chi connectivity index (χ3v) is 3.10. The molecule has 0 amide bonds. The van der Waals surface area contributed by atoms with Crippen LogP contribution in [0.1, 0.15) is 39.3 Å². The Hall–Kier alpha value is -1.63. The number of nitrogens with zero attached hydrogens (tertiary/aromatic N) is 3. The average Bonchev–Trinajstić information content (AvgIpc) is 2.63. The molecule has 7 heteroatoms. The van der Waals surface area contributed by atoms with Gasteiger partial charge in [-0.15, -0.1) is 0 Å². The van der Waals surface area contributed by atoms with Crippen LogP contribution in [0.25, 0.3) is 0 Å². The number of nitrogens with one attached hydrogen (secondary N) is 1. The second kappa shape index (κ2) is 6.01. The first kappa shape index (κ1) is 15.4. The minimum atomic E-state index is -0.417. The molecule has 0 radical (unpaired) electrons. The van der Waals surface area contributed by atoms with Gasteiger partial charge in [-0.2, -0.15) is 5.10 Å². The zero-order valence-corrected chi connectivity index (χ0v) is 12.0. The summed E-state index contributed by atoms with van der Waals surface area (Å²) in [5.74, 6) is 0.470. The molecule has 0 aliphatic carbocycles. The fourth-order valence-electron chi connectivity index (χ4n) is 1.86. The first-order valence-corrected chi connectivity index (χ1v) is 6.38. The van der Waals surface area contributed by atoms with Gasteiger partial charge < -0.3 is 10.4 Å². The van der Waals surface area contributed by atoms with Crippen molar-refractivity contribution >= 4 is 11.5 Å². The number of hydrogen-bond donors (Lipinski definition) is 2. The standard InChI is InChI=1S/C12H22N4O3/c1-7(2)9(6-17)13-12-11(16(18)19)10(8(3)4)14-15(12)5/h7-9,13,17H,6H2,1-5H3. The highest BCUT2D eigenvalue weighted by Crippen LogP contribution is 2.33. The molecule has 0 fully saturated rings. The van der Waals surface area contributed by atoms with Crippen LogP contribution in [0.4, 0.5) is 11.5 Å². The lowest BCUT2D eigenvalue weighted by atomic mass is 10.1. The molecular weight excluding hydrogens is 248 g/mol. The van der Waals surface area contributed by atoms with Gasteiger partial charge in [-0.05, 0) is 5.92 Å². The minimum Gasteiger partial charge on any atom is -0.394 e. The molecule has 0 aromatic carbocycles. The first-order valence-electron chi connectivity index (χ1n) is 6.38. The highest BCUT2D eigenvalue weighted by Gasteiger charge is 2.30. The van der Waals surface area contributed by atoms with Gasteiger partial charge in [-0.1, -0.05) is 27.7 Å². The minimum absolute atomic E-state index is 0.00315. The lowest BCUT2D eigenvalue weighted by Crippen LogP contribution is -2.30. The zero-order chi connectivity index (χ0) is 14.7. The maximum Gasteiger partial charge on any atom is 0.334 e. The van der Waals surface area contributed by atoms with Crippen LogP contribution in [0.2, 0.25) is 0 Å². The van der Waals surface area contributed by atoms with Crippen LogP contribution >= 0.6 is 0 Å². The number of aryl methyl sites for hydroxylation is 1. The van der Waals surface area contributed by atoms with Crippen molar-refractivity contribution in [2.24, 2.45) is 13.0 Å². The van der Waals surface area contributed by atoms with Gasteiger partial charge in [-0.25, -0.2) is 4.68 Å². The summed E-state index contributed by atoms with van der Waals surface area (Å²) in [4.78, 5) is 10.8. The third kappa shape index (κ3) is 3.23. The number of aliphatic hydroxyl groups is 1. The maximum atomic E-state index is 11.2. The molecule has 0 saturated heterocycles. The van der Waals surface area contributed by atoms with Gasteiger partial charge in [0.15, 0.2) is 0 Å². The van der Waals surface area contributed by atoms with Crippen molar-refractivity contribution < 1.29 is 10.0 Å². The Balaban J connectivity index is 3.23. The van der Waals surface area contributed by atoms with Crippen LogP contribution in [0, 0.1) is 16.0 Å². The van der Waals surface area contributed by atoms with Crippen LogP contribution < -0.4 is 5.32 Å². The highest BCUT2D eigenvalue weighted by atomic mass is 16.6. The van der Waals surface area contributed by atoms with Gasteiger partial charge in [0.2, 0.25) is 5.82 Å². The van der Waals surface area contributed by atoms with E-state index >= 15 is 0 Å². The van der Waals surface area contributed by atoms with Gasteiger partial charge >= 0.3 is 5.69 Å². The molecule has 7 nitrogen and oxygen atoms in total. The van der Waals surface area contributed by atoms with Crippen molar-refractivity contribution in [1.29, 1.82) is 0 Å². The molecule has 0 spiro atoms. The Morgan fingerprint density at radius 2 is 2.00 bits per heavy atom. The molecule has 1 aromatic rings. The summed E-state index contributed by atoms with van der Waals surface area (Å²) in [7, 11) is 1.66. The normalized spacial score (nSPS) is 13.1. The van der Waals surface area contributed by atoms with Crippen LogP contribution in [-0.2, 0) is 7.05 Å². The van der Waals surface area contributed by atoms with Crippen LogP contribution in [0.5, 0.6) is 0 Å². The highest BCUT2D eigenvalue weighted by molar-refractivity contribution is 5.61. The number of hydrogen-bond acceptors (Lipinski definition) is 5. The van der Waals surface area contributed by atoms with Crippen molar-refractivity contribution in [3.8, 4) is 0 Å². The molecule has 0 aliphatic rings. The monoisotopic (exact) mass is 270 g/mol. The Morgan fingerprint density at radius 3 is 2.37 bits per heavy atom. The third-order valence-electron chi connectivity index (χ3n) is 3.10. The van der Waals surface area contributed by atoms with E-state index < -0.39 is 4.92 Å². The number of nitro groups is 1. The van der Waals surface area contributed by atoms with Crippen molar-refractivity contribution in [3.05, 3.63) is 15.8 Å². The predicted molar refractivity (Wildman–Crippen MR) is 73.3 cm³/mol. The topological polar surface area (TPSA) is 93.2 Å². The van der Waals surface area contributed by atoms with Crippen LogP contribution in [-0.4, -0.2) is 32.5 Å². The fraction of sp³-hybridized carbons (Fsp3) is 0.750. The van der Waals surface area contributed by atoms with E-state index in [0.717, 1.165) is 0 Å². The van der Waals surface area contributed by atoms with Gasteiger partial charge in [0.1, 0.15) is 5.69 Å². The molecular formula is C12H22N4O3. The quantitative estimate of drug-likeness (QED) is 0.608. The van der Waals surface area contributed by atoms with E-state index in [1.807, 2.05) is 27.7 Å². The van der Waals surface area contributed by atoms with Crippen molar-refractivity contribution in [2.45, 2.75) is 39.7 Å². The number of aromatic nitrogens is 2. The van der Waals surface area contributed by atoms with E-state index in [1.54, 1.807) is 7.05 Å². The van der Waals surface area contributed by atoms with Crippen LogP contribution in [0.15, 0.2) is 0 Å². The largest absolute Gasteiger partial charge is 0.394 e. The maximum absolute atomic E-state index is 11.2. The predicted octanol–water partition coefficient (Wildman–Crippen LogP) is 1.88. The van der Waals surface area contributed by atoms with E-state index in [9.17, 15) is 15.2 Å². The van der Waals surface area contributed by atoms with Crippen molar-refractivity contribution in [1.82, 2.24) is 9.78 Å². The van der Waals surface area contributed by atoms with E-state index in [1.165, 1.54) is 4.68 Å². The molecule has 1 aromatic heterocycles. The summed E-state index contributed by atoms with van der Waals surface area (Å²) in [5, 5.41) is 27.8. The molecule has 0 saturated carbocycles. The second-order valence-corrected chi connectivity index (χ2v) is 5.30. The first-order chi connectivity index (χ1) is 8.79. The molecule has 0 bridgehead atoms. The van der Waals surface area contributed by atoms with E-state index in [2.05, 4.69) is 10.4 Å². The average molecular weight is 270 g/mol. The van der Waals surface area contributed by atoms with E-state index in [-0.39, 0.29) is 30.2 Å². The Bertz CT molecular complexity index is 454. The molecule has 0 aliphatic heterocycles. The van der Waals surface area contributed by atoms with Gasteiger partial charge in [0.05, 0.1) is 17.6 Å². The SMILES string of the molecule is CC(C)c1nn(C)c(NC(CO)C(C)C)c1[N+](=O)[O-]. The van der Waals surface area contributed by atoms with Gasteiger partial charge in [0, 0.05) is 13.0 Å². The summed E-state index contributed by atoms with van der Waals surface area (Å²) < 4.78 is 1.47. The molecule has 1 unspecified atom stereocenters. The summed E-state index contributed by atoms with van der Waals surface area (Å²) in [6.07, 6.45) is 0. The lowest BCUT2D eigenvalue weighted by molar-refractivity contribution is -0.384. The second-order valence-electron chi connectivity index (χ2n) is 5.30. The molecule has 19 heavy (non-hydrogen) atoms. The Labute approximate surface area is 112 Å². The van der Waals surface area contributed by atoms with E-state index in [4.69, 9.17) is 0 Å². The Kier molecular flexibility index (Phi) is 4.88. The summed E-state index contributed by atoms with van der Waals surface area (Å²) in [5.41, 5.74) is 0.451. The van der Waals surface area contributed by atoms with Crippen molar-refractivity contribution in [3.63, 3.8) is 0 Å². The van der Waals surface area contributed by atoms with E-state index in [0.29, 0.717) is 11.5 Å². The molecule has 2 N–H and O–H groups in total. The molecule has 1 rings (SSSR count). The smallest absolute Gasteiger partial charge is 0.334 e. The fourth-order valence-corrected chi connectivity index (χ4v) is 1.86. The van der Waals surface area contributed by atoms with Gasteiger partial charge in [0.25, 0.3) is 0 Å². The molecule has 108 valence electrons. The number of rotatable bonds is 6. The summed E-state index contributed by atoms with van der Waals surface area (Å²) >= 11 is 0.